The fraction of sp³-hybridized carbons (Fsp3) is 0.333. The molecule has 5 heteroatoms. The summed E-state index contributed by atoms with van der Waals surface area (Å²) >= 11 is 0. The first-order valence-electron chi connectivity index (χ1n) is 5.28. The Balaban J connectivity index is 2.58. The van der Waals surface area contributed by atoms with Crippen LogP contribution >= 0.6 is 0 Å². The molecule has 17 heavy (non-hydrogen) atoms. The van der Waals surface area contributed by atoms with Crippen LogP contribution in [-0.4, -0.2) is 22.6 Å². The van der Waals surface area contributed by atoms with E-state index in [1.165, 1.54) is 7.11 Å². The molecule has 1 heterocycles. The highest BCUT2D eigenvalue weighted by Crippen LogP contribution is 2.38. The molecule has 1 aromatic carbocycles. The number of rotatable bonds is 2. The highest BCUT2D eigenvalue weighted by molar-refractivity contribution is 5.66. The summed E-state index contributed by atoms with van der Waals surface area (Å²) in [6.45, 7) is 3.12. The number of ether oxygens (including phenoxy) is 1. The molecule has 0 aromatic heterocycles. The number of hydrogen-bond donors (Lipinski definition) is 0. The molecule has 0 N–H and O–H groups in total. The van der Waals surface area contributed by atoms with E-state index in [-0.39, 0.29) is 11.6 Å². The molecule has 0 spiro atoms. The molecule has 2 rings (SSSR count). The molecule has 1 aliphatic heterocycles. The van der Waals surface area contributed by atoms with Crippen LogP contribution in [0.1, 0.15) is 19.4 Å². The zero-order valence-corrected chi connectivity index (χ0v) is 10.0. The van der Waals surface area contributed by atoms with Crippen LogP contribution in [0.15, 0.2) is 36.2 Å². The largest absolute Gasteiger partial charge is 0.753 e. The standard InChI is InChI=1S/C12H14N2O3/c1-12(2)13(15)10(11(17-3)14(12)16)9-7-5-4-6-8-9/h4-8H,1-3H3. The first kappa shape index (κ1) is 11.6. The Kier molecular flexibility index (Phi) is 2.63. The Morgan fingerprint density at radius 3 is 2.41 bits per heavy atom. The van der Waals surface area contributed by atoms with E-state index in [9.17, 15) is 10.1 Å². The topological polar surface area (TPSA) is 55.6 Å². The van der Waals surface area contributed by atoms with Gasteiger partial charge in [0.1, 0.15) is 4.76 Å². The maximum Gasteiger partial charge on any atom is 0.442 e. The molecule has 1 aromatic rings. The van der Waals surface area contributed by atoms with Crippen molar-refractivity contribution in [1.29, 1.82) is 0 Å². The van der Waals surface area contributed by atoms with Crippen LogP contribution in [0.4, 0.5) is 0 Å². The van der Waals surface area contributed by atoms with E-state index in [4.69, 9.17) is 4.74 Å². The molecular weight excluding hydrogens is 220 g/mol. The molecule has 0 unspecified atom stereocenters. The molecule has 5 nitrogen and oxygen atoms in total. The Labute approximate surface area is 99.5 Å². The van der Waals surface area contributed by atoms with E-state index in [0.717, 1.165) is 0 Å². The number of hydroxylamine groups is 2. The molecule has 0 amide bonds. The third kappa shape index (κ3) is 1.59. The lowest BCUT2D eigenvalue weighted by molar-refractivity contribution is -0.605. The van der Waals surface area contributed by atoms with E-state index < -0.39 is 5.66 Å². The van der Waals surface area contributed by atoms with Crippen LogP contribution in [0.2, 0.25) is 0 Å². The molecule has 0 atom stereocenters. The van der Waals surface area contributed by atoms with Crippen molar-refractivity contribution in [3.63, 3.8) is 0 Å². The monoisotopic (exact) mass is 234 g/mol. The summed E-state index contributed by atoms with van der Waals surface area (Å²) in [6.07, 6.45) is 0. The highest BCUT2D eigenvalue weighted by atomic mass is 16.5. The van der Waals surface area contributed by atoms with Crippen LogP contribution < -0.4 is 0 Å². The maximum atomic E-state index is 12.1. The second kappa shape index (κ2) is 3.85. The third-order valence-corrected chi connectivity index (χ3v) is 2.82. The van der Waals surface area contributed by atoms with Gasteiger partial charge in [-0.05, 0) is 0 Å². The van der Waals surface area contributed by atoms with E-state index in [1.54, 1.807) is 26.0 Å². The van der Waals surface area contributed by atoms with E-state index in [0.29, 0.717) is 15.4 Å². The lowest BCUT2D eigenvalue weighted by atomic mass is 10.1. The van der Waals surface area contributed by atoms with Gasteiger partial charge in [0, 0.05) is 24.3 Å². The number of methoxy groups -OCH3 is 1. The van der Waals surface area contributed by atoms with Crippen molar-refractivity contribution >= 4 is 5.70 Å². The van der Waals surface area contributed by atoms with Gasteiger partial charge in [0.2, 0.25) is 0 Å². The summed E-state index contributed by atoms with van der Waals surface area (Å²) in [5.41, 5.74) is -0.241. The molecule has 0 saturated carbocycles. The van der Waals surface area contributed by atoms with Gasteiger partial charge in [-0.3, -0.25) is 0 Å². The molecule has 90 valence electrons. The highest BCUT2D eigenvalue weighted by Gasteiger charge is 2.52. The minimum Gasteiger partial charge on any atom is -0.753 e. The Bertz CT molecular complexity index is 480. The van der Waals surface area contributed by atoms with E-state index >= 15 is 0 Å². The summed E-state index contributed by atoms with van der Waals surface area (Å²) in [4.78, 5) is 11.9. The van der Waals surface area contributed by atoms with Crippen LogP contribution in [0, 0.1) is 10.1 Å². The average Bonchev–Trinajstić information content (AvgIpc) is 2.51. The Morgan fingerprint density at radius 2 is 1.88 bits per heavy atom. The molecule has 0 bridgehead atoms. The van der Waals surface area contributed by atoms with Crippen molar-refractivity contribution in [2.75, 3.05) is 7.11 Å². The van der Waals surface area contributed by atoms with Crippen LogP contribution in [0.3, 0.4) is 0 Å². The van der Waals surface area contributed by atoms with Crippen molar-refractivity contribution < 1.29 is 9.50 Å². The van der Waals surface area contributed by atoms with Crippen LogP contribution in [-0.2, 0) is 4.74 Å². The second-order valence-electron chi connectivity index (χ2n) is 4.31. The van der Waals surface area contributed by atoms with Gasteiger partial charge in [-0.25, -0.2) is 0 Å². The van der Waals surface area contributed by atoms with Gasteiger partial charge in [-0.1, -0.05) is 30.3 Å². The summed E-state index contributed by atoms with van der Waals surface area (Å²) in [6, 6.07) is 9.01. The quantitative estimate of drug-likeness (QED) is 0.737. The lowest BCUT2D eigenvalue weighted by Crippen LogP contribution is -2.41. The van der Waals surface area contributed by atoms with Gasteiger partial charge in [0.05, 0.1) is 7.11 Å². The molecule has 0 radical (unpaired) electrons. The summed E-state index contributed by atoms with van der Waals surface area (Å²) in [5.74, 6) is 0.0520. The number of nitroso groups, excluding NO2 is 1. The first-order valence-corrected chi connectivity index (χ1v) is 5.28. The van der Waals surface area contributed by atoms with Gasteiger partial charge < -0.3 is 15.0 Å². The minimum atomic E-state index is -1.18. The van der Waals surface area contributed by atoms with Crippen molar-refractivity contribution in [2.45, 2.75) is 19.5 Å². The summed E-state index contributed by atoms with van der Waals surface area (Å²) in [7, 11) is 1.39. The molecule has 1 aliphatic rings. The number of benzene rings is 1. The van der Waals surface area contributed by atoms with Crippen molar-refractivity contribution in [2.24, 2.45) is 0 Å². The van der Waals surface area contributed by atoms with Crippen molar-refractivity contribution in [3.05, 3.63) is 51.9 Å². The zero-order valence-electron chi connectivity index (χ0n) is 10.0. The summed E-state index contributed by atoms with van der Waals surface area (Å²) < 4.78 is 5.65. The first-order chi connectivity index (χ1) is 8.00. The third-order valence-electron chi connectivity index (χ3n) is 2.82. The molecule has 0 saturated heterocycles. The van der Waals surface area contributed by atoms with Crippen LogP contribution in [0.5, 0.6) is 0 Å². The van der Waals surface area contributed by atoms with E-state index in [2.05, 4.69) is 0 Å². The predicted octanol–water partition coefficient (Wildman–Crippen LogP) is 2.29. The Hall–Kier alpha value is -1.88. The fourth-order valence-electron chi connectivity index (χ4n) is 1.80. The van der Waals surface area contributed by atoms with Gasteiger partial charge in [0.25, 0.3) is 5.66 Å². The smallest absolute Gasteiger partial charge is 0.442 e. The molecule has 0 aliphatic carbocycles. The van der Waals surface area contributed by atoms with E-state index in [1.807, 2.05) is 18.2 Å². The molecule has 0 fully saturated rings. The Morgan fingerprint density at radius 1 is 1.29 bits per heavy atom. The lowest BCUT2D eigenvalue weighted by Gasteiger charge is -2.32. The zero-order chi connectivity index (χ0) is 12.6. The van der Waals surface area contributed by atoms with Crippen LogP contribution in [0.25, 0.3) is 5.70 Å². The minimum absolute atomic E-state index is 0.0520. The predicted molar refractivity (Wildman–Crippen MR) is 63.3 cm³/mol. The van der Waals surface area contributed by atoms with Gasteiger partial charge in [-0.15, -0.1) is 0 Å². The number of hydrogen-bond acceptors (Lipinski definition) is 4. The normalized spacial score (nSPS) is 18.8. The average molecular weight is 234 g/mol. The van der Waals surface area contributed by atoms with Gasteiger partial charge >= 0.3 is 5.88 Å². The van der Waals surface area contributed by atoms with Crippen molar-refractivity contribution in [1.82, 2.24) is 5.06 Å². The van der Waals surface area contributed by atoms with Gasteiger partial charge in [0.15, 0.2) is 5.70 Å². The van der Waals surface area contributed by atoms with Crippen molar-refractivity contribution in [3.8, 4) is 0 Å². The fourth-order valence-corrected chi connectivity index (χ4v) is 1.80. The molecular formula is C12H14N2O3. The van der Waals surface area contributed by atoms with Gasteiger partial charge in [-0.2, -0.15) is 0 Å². The summed E-state index contributed by atoms with van der Waals surface area (Å²) in [5, 5.41) is 12.8. The SMILES string of the molecule is COC1=C(c2ccccc2)N([O-])C(C)(C)[N+]1=O. The second-order valence-corrected chi connectivity index (χ2v) is 4.31. The maximum absolute atomic E-state index is 12.1. The number of nitrogens with zero attached hydrogens (tertiary/aromatic N) is 2.